The van der Waals surface area contributed by atoms with E-state index in [-0.39, 0.29) is 0 Å². The van der Waals surface area contributed by atoms with Gasteiger partial charge in [-0.15, -0.1) is 0 Å². The lowest BCUT2D eigenvalue weighted by Crippen LogP contribution is -2.05. The second-order valence-corrected chi connectivity index (χ2v) is 7.04. The number of hydrogen-bond acceptors (Lipinski definition) is 1. The van der Waals surface area contributed by atoms with Gasteiger partial charge in [-0.25, -0.2) is 35.1 Å². The summed E-state index contributed by atoms with van der Waals surface area (Å²) < 4.78 is 117. The maximum Gasteiger partial charge on any atom is 0.267 e. The van der Waals surface area contributed by atoms with E-state index in [2.05, 4.69) is 0 Å². The number of hydrogen-bond donors (Lipinski definition) is 0. The monoisotopic (exact) mass is 460 g/mol. The maximum atomic E-state index is 14.9. The van der Waals surface area contributed by atoms with Crippen molar-refractivity contribution in [2.24, 2.45) is 0 Å². The Morgan fingerprint density at radius 2 is 1.47 bits per heavy atom. The summed E-state index contributed by atoms with van der Waals surface area (Å²) in [5.41, 5.74) is -2.62. The van der Waals surface area contributed by atoms with Crippen molar-refractivity contribution in [2.75, 3.05) is 0 Å². The quantitative estimate of drug-likeness (QED) is 0.266. The van der Waals surface area contributed by atoms with Gasteiger partial charge < -0.3 is 4.74 Å². The van der Waals surface area contributed by atoms with Gasteiger partial charge in [-0.3, -0.25) is 0 Å². The number of rotatable bonds is 6. The number of alkyl halides is 2. The Bertz CT molecular complexity index is 1170. The van der Waals surface area contributed by atoms with Gasteiger partial charge in [0.2, 0.25) is 0 Å². The van der Waals surface area contributed by atoms with Gasteiger partial charge in [0, 0.05) is 17.2 Å². The molecule has 32 heavy (non-hydrogen) atoms. The van der Waals surface area contributed by atoms with Gasteiger partial charge >= 0.3 is 0 Å². The van der Waals surface area contributed by atoms with Crippen LogP contribution in [-0.4, -0.2) is 0 Å². The molecule has 3 aromatic carbocycles. The van der Waals surface area contributed by atoms with Gasteiger partial charge in [0.25, 0.3) is 6.43 Å². The fourth-order valence-electron chi connectivity index (χ4n) is 3.25. The fourth-order valence-corrected chi connectivity index (χ4v) is 3.25. The zero-order valence-corrected chi connectivity index (χ0v) is 16.8. The number of halogens is 8. The van der Waals surface area contributed by atoms with Crippen LogP contribution in [0.2, 0.25) is 0 Å². The molecule has 0 amide bonds. The second kappa shape index (κ2) is 9.18. The molecule has 0 saturated carbocycles. The van der Waals surface area contributed by atoms with E-state index in [0.717, 1.165) is 19.1 Å². The van der Waals surface area contributed by atoms with E-state index in [1.807, 2.05) is 6.92 Å². The molecule has 9 heteroatoms. The average Bonchev–Trinajstić information content (AvgIpc) is 2.72. The van der Waals surface area contributed by atoms with Gasteiger partial charge in [-0.1, -0.05) is 25.5 Å². The lowest BCUT2D eigenvalue weighted by atomic mass is 9.96. The van der Waals surface area contributed by atoms with Crippen molar-refractivity contribution < 1.29 is 39.9 Å². The molecule has 0 radical (unpaired) electrons. The Labute approximate surface area is 178 Å². The molecule has 0 aromatic heterocycles. The molecule has 3 rings (SSSR count). The Morgan fingerprint density at radius 3 is 2.06 bits per heavy atom. The first kappa shape index (κ1) is 23.6. The molecule has 0 aliphatic rings. The summed E-state index contributed by atoms with van der Waals surface area (Å²) in [7, 11) is 0. The van der Waals surface area contributed by atoms with Gasteiger partial charge in [0.1, 0.15) is 11.6 Å². The largest absolute Gasteiger partial charge is 0.451 e. The van der Waals surface area contributed by atoms with Crippen LogP contribution in [0.5, 0.6) is 11.5 Å². The standard InChI is InChI=1S/C23H16F8O/c1-3-4-11-5-6-12(14(24)7-11)13-8-16(26)22(21(29)18(13)23(30)31)32-17-9-15(25)20(28)19(27)10(17)2/h5-9,23H,3-4H2,1-2H3. The molecule has 0 bridgehead atoms. The summed E-state index contributed by atoms with van der Waals surface area (Å²) >= 11 is 0. The summed E-state index contributed by atoms with van der Waals surface area (Å²) in [6.07, 6.45) is -2.30. The third-order valence-electron chi connectivity index (χ3n) is 4.87. The molecule has 0 aliphatic heterocycles. The smallest absolute Gasteiger partial charge is 0.267 e. The minimum Gasteiger partial charge on any atom is -0.451 e. The molecule has 0 spiro atoms. The van der Waals surface area contributed by atoms with Crippen molar-refractivity contribution in [3.8, 4) is 22.6 Å². The van der Waals surface area contributed by atoms with Crippen molar-refractivity contribution in [3.05, 3.63) is 81.9 Å². The summed E-state index contributed by atoms with van der Waals surface area (Å²) in [6.45, 7) is 2.80. The molecule has 0 atom stereocenters. The first-order valence-electron chi connectivity index (χ1n) is 9.47. The number of benzene rings is 3. The van der Waals surface area contributed by atoms with Crippen LogP contribution in [0, 0.1) is 41.8 Å². The number of aryl methyl sites for hydroxylation is 1. The minimum absolute atomic E-state index is 0.328. The number of ether oxygens (including phenoxy) is 1. The highest BCUT2D eigenvalue weighted by Crippen LogP contribution is 2.42. The van der Waals surface area contributed by atoms with E-state index in [1.54, 1.807) is 0 Å². The van der Waals surface area contributed by atoms with Crippen LogP contribution >= 0.6 is 0 Å². The van der Waals surface area contributed by atoms with Crippen LogP contribution in [0.15, 0.2) is 30.3 Å². The lowest BCUT2D eigenvalue weighted by molar-refractivity contribution is 0.146. The van der Waals surface area contributed by atoms with Crippen LogP contribution in [0.25, 0.3) is 11.1 Å². The molecule has 170 valence electrons. The van der Waals surface area contributed by atoms with Crippen molar-refractivity contribution in [1.82, 2.24) is 0 Å². The normalized spacial score (nSPS) is 11.3. The summed E-state index contributed by atoms with van der Waals surface area (Å²) in [5.74, 6) is -11.8. The molecule has 0 fully saturated rings. The zero-order chi connectivity index (χ0) is 23.7. The van der Waals surface area contributed by atoms with E-state index in [4.69, 9.17) is 4.74 Å². The van der Waals surface area contributed by atoms with Crippen molar-refractivity contribution in [1.29, 1.82) is 0 Å². The summed E-state index contributed by atoms with van der Waals surface area (Å²) in [6, 6.07) is 4.44. The molecule has 0 aliphatic carbocycles. The van der Waals surface area contributed by atoms with Crippen LogP contribution in [0.3, 0.4) is 0 Å². The van der Waals surface area contributed by atoms with Gasteiger partial charge in [-0.2, -0.15) is 0 Å². The van der Waals surface area contributed by atoms with Crippen LogP contribution in [0.4, 0.5) is 35.1 Å². The van der Waals surface area contributed by atoms with Gasteiger partial charge in [0.15, 0.2) is 34.8 Å². The average molecular weight is 460 g/mol. The molecule has 3 aromatic rings. The highest BCUT2D eigenvalue weighted by molar-refractivity contribution is 5.70. The molecule has 0 heterocycles. The van der Waals surface area contributed by atoms with Crippen molar-refractivity contribution in [3.63, 3.8) is 0 Å². The van der Waals surface area contributed by atoms with Crippen molar-refractivity contribution >= 4 is 0 Å². The van der Waals surface area contributed by atoms with Crippen molar-refractivity contribution in [2.45, 2.75) is 33.1 Å². The maximum absolute atomic E-state index is 14.9. The highest BCUT2D eigenvalue weighted by atomic mass is 19.3. The fraction of sp³-hybridized carbons (Fsp3) is 0.217. The Balaban J connectivity index is 2.16. The van der Waals surface area contributed by atoms with Crippen LogP contribution < -0.4 is 4.74 Å². The second-order valence-electron chi connectivity index (χ2n) is 7.04. The molecule has 1 nitrogen and oxygen atoms in total. The van der Waals surface area contributed by atoms with Gasteiger partial charge in [-0.05, 0) is 36.6 Å². The third-order valence-corrected chi connectivity index (χ3v) is 4.87. The predicted molar refractivity (Wildman–Crippen MR) is 102 cm³/mol. The molecular weight excluding hydrogens is 444 g/mol. The highest BCUT2D eigenvalue weighted by Gasteiger charge is 2.29. The van der Waals surface area contributed by atoms with Crippen LogP contribution in [0.1, 0.15) is 36.5 Å². The SMILES string of the molecule is CCCc1ccc(-c2cc(F)c(Oc3cc(F)c(F)c(F)c3C)c(F)c2C(F)F)c(F)c1. The van der Waals surface area contributed by atoms with E-state index in [1.165, 1.54) is 6.07 Å². The minimum atomic E-state index is -3.51. The zero-order valence-electron chi connectivity index (χ0n) is 16.8. The summed E-state index contributed by atoms with van der Waals surface area (Å²) in [4.78, 5) is 0. The Hall–Kier alpha value is -3.10. The Kier molecular flexibility index (Phi) is 6.76. The first-order chi connectivity index (χ1) is 15.1. The van der Waals surface area contributed by atoms with E-state index < -0.39 is 75.1 Å². The first-order valence-corrected chi connectivity index (χ1v) is 9.47. The molecule has 0 N–H and O–H groups in total. The molecular formula is C23H16F8O. The predicted octanol–water partition coefficient (Wildman–Crippen LogP) is 8.18. The van der Waals surface area contributed by atoms with Crippen LogP contribution in [-0.2, 0) is 6.42 Å². The third kappa shape index (κ3) is 4.28. The molecule has 0 unspecified atom stereocenters. The van der Waals surface area contributed by atoms with Gasteiger partial charge in [0.05, 0.1) is 5.56 Å². The van der Waals surface area contributed by atoms with E-state index in [0.29, 0.717) is 30.5 Å². The lowest BCUT2D eigenvalue weighted by Gasteiger charge is -2.17. The van der Waals surface area contributed by atoms with E-state index >= 15 is 0 Å². The van der Waals surface area contributed by atoms with E-state index in [9.17, 15) is 35.1 Å². The topological polar surface area (TPSA) is 9.23 Å². The Morgan fingerprint density at radius 1 is 0.781 bits per heavy atom. The summed E-state index contributed by atoms with van der Waals surface area (Å²) in [5, 5.41) is 0. The molecule has 0 saturated heterocycles.